The summed E-state index contributed by atoms with van der Waals surface area (Å²) in [6.45, 7) is 5.22. The molecule has 0 aromatic carbocycles. The Kier molecular flexibility index (Phi) is 4.13. The summed E-state index contributed by atoms with van der Waals surface area (Å²) in [5.74, 6) is 0. The molecule has 2 nitrogen and oxygen atoms in total. The third-order valence-corrected chi connectivity index (χ3v) is 5.14. The van der Waals surface area contributed by atoms with Crippen LogP contribution in [0.3, 0.4) is 0 Å². The molecule has 2 rings (SSSR count). The second-order valence-electron chi connectivity index (χ2n) is 3.45. The number of hydrogen-bond acceptors (Lipinski definition) is 4. The molecule has 0 aliphatic rings. The lowest BCUT2D eigenvalue weighted by Gasteiger charge is -2.07. The molecule has 0 saturated carbocycles. The van der Waals surface area contributed by atoms with Gasteiger partial charge < -0.3 is 5.32 Å². The van der Waals surface area contributed by atoms with Crippen molar-refractivity contribution in [1.29, 1.82) is 0 Å². The van der Waals surface area contributed by atoms with E-state index in [-0.39, 0.29) is 0 Å². The third-order valence-electron chi connectivity index (χ3n) is 2.29. The molecule has 86 valence electrons. The minimum absolute atomic E-state index is 0.328. The Morgan fingerprint density at radius 3 is 2.94 bits per heavy atom. The molecular weight excluding hydrogens is 304 g/mol. The summed E-state index contributed by atoms with van der Waals surface area (Å²) in [5, 5.41) is 8.68. The van der Waals surface area contributed by atoms with Crippen LogP contribution in [-0.2, 0) is 0 Å². The predicted molar refractivity (Wildman–Crippen MR) is 75.2 cm³/mol. The van der Waals surface area contributed by atoms with Gasteiger partial charge in [0.25, 0.3) is 0 Å². The Bertz CT molecular complexity index is 464. The second-order valence-corrected chi connectivity index (χ2v) is 6.08. The molecule has 0 amide bonds. The first-order valence-corrected chi connectivity index (χ1v) is 7.69. The molecule has 0 saturated heterocycles. The van der Waals surface area contributed by atoms with E-state index in [4.69, 9.17) is 0 Å². The average Bonchev–Trinajstić information content (AvgIpc) is 2.86. The fraction of sp³-hybridized carbons (Fsp3) is 0.364. The number of thiazole rings is 1. The molecule has 0 spiro atoms. The van der Waals surface area contributed by atoms with Crippen molar-refractivity contribution >= 4 is 38.6 Å². The van der Waals surface area contributed by atoms with Crippen molar-refractivity contribution in [3.63, 3.8) is 0 Å². The number of aromatic nitrogens is 1. The minimum Gasteiger partial charge on any atom is -0.309 e. The van der Waals surface area contributed by atoms with E-state index < -0.39 is 0 Å². The van der Waals surface area contributed by atoms with Gasteiger partial charge in [-0.1, -0.05) is 6.92 Å². The molecule has 1 N–H and O–H groups in total. The molecule has 2 aromatic rings. The van der Waals surface area contributed by atoms with Crippen LogP contribution in [0.4, 0.5) is 0 Å². The van der Waals surface area contributed by atoms with Crippen molar-refractivity contribution in [1.82, 2.24) is 10.3 Å². The lowest BCUT2D eigenvalue weighted by atomic mass is 10.2. The zero-order valence-electron chi connectivity index (χ0n) is 9.16. The van der Waals surface area contributed by atoms with Crippen LogP contribution in [0.1, 0.15) is 25.6 Å². The Morgan fingerprint density at radius 2 is 2.31 bits per heavy atom. The third kappa shape index (κ3) is 2.53. The van der Waals surface area contributed by atoms with Crippen LogP contribution < -0.4 is 5.32 Å². The zero-order valence-corrected chi connectivity index (χ0v) is 12.4. The smallest absolute Gasteiger partial charge is 0.134 e. The van der Waals surface area contributed by atoms with Gasteiger partial charge in [0.15, 0.2) is 0 Å². The Labute approximate surface area is 112 Å². The van der Waals surface area contributed by atoms with Crippen LogP contribution in [0.25, 0.3) is 9.88 Å². The fourth-order valence-electron chi connectivity index (χ4n) is 1.45. The van der Waals surface area contributed by atoms with Crippen LogP contribution in [0.15, 0.2) is 21.3 Å². The van der Waals surface area contributed by atoms with Crippen molar-refractivity contribution < 1.29 is 0 Å². The van der Waals surface area contributed by atoms with Crippen molar-refractivity contribution in [3.05, 3.63) is 27.0 Å². The summed E-state index contributed by atoms with van der Waals surface area (Å²) in [5.41, 5.74) is 1.13. The summed E-state index contributed by atoms with van der Waals surface area (Å²) in [7, 11) is 0. The molecule has 0 fully saturated rings. The Morgan fingerprint density at radius 1 is 1.50 bits per heavy atom. The SMILES string of the molecule is CCNC(C)c1csc(-c2sccc2Br)n1. The number of nitrogens with one attached hydrogen (secondary N) is 1. The first-order valence-electron chi connectivity index (χ1n) is 5.14. The summed E-state index contributed by atoms with van der Waals surface area (Å²) in [6, 6.07) is 2.39. The number of halogens is 1. The average molecular weight is 317 g/mol. The van der Waals surface area contributed by atoms with Gasteiger partial charge in [0.2, 0.25) is 0 Å². The Balaban J connectivity index is 2.23. The molecule has 0 aliphatic carbocycles. The molecule has 0 radical (unpaired) electrons. The van der Waals surface area contributed by atoms with E-state index in [0.29, 0.717) is 6.04 Å². The standard InChI is InChI=1S/C11H13BrN2S2/c1-3-13-7(2)9-6-16-11(14-9)10-8(12)4-5-15-10/h4-7,13H,3H2,1-2H3. The van der Waals surface area contributed by atoms with Gasteiger partial charge in [0, 0.05) is 15.9 Å². The van der Waals surface area contributed by atoms with Crippen LogP contribution in [0, 0.1) is 0 Å². The van der Waals surface area contributed by atoms with Gasteiger partial charge in [-0.2, -0.15) is 0 Å². The topological polar surface area (TPSA) is 24.9 Å². The highest BCUT2D eigenvalue weighted by Crippen LogP contribution is 2.36. The van der Waals surface area contributed by atoms with Gasteiger partial charge in [-0.15, -0.1) is 22.7 Å². The number of thiophene rings is 1. The maximum atomic E-state index is 4.67. The molecule has 1 atom stereocenters. The van der Waals surface area contributed by atoms with Gasteiger partial charge in [0.05, 0.1) is 10.6 Å². The quantitative estimate of drug-likeness (QED) is 0.909. The van der Waals surface area contributed by atoms with E-state index in [1.54, 1.807) is 22.7 Å². The van der Waals surface area contributed by atoms with Crippen LogP contribution >= 0.6 is 38.6 Å². The number of nitrogens with zero attached hydrogens (tertiary/aromatic N) is 1. The van der Waals surface area contributed by atoms with Gasteiger partial charge in [-0.25, -0.2) is 4.98 Å². The van der Waals surface area contributed by atoms with Crippen molar-refractivity contribution in [2.24, 2.45) is 0 Å². The number of rotatable bonds is 4. The first-order chi connectivity index (χ1) is 7.72. The van der Waals surface area contributed by atoms with Gasteiger partial charge >= 0.3 is 0 Å². The normalized spacial score (nSPS) is 12.9. The van der Waals surface area contributed by atoms with E-state index >= 15 is 0 Å². The predicted octanol–water partition coefficient (Wildman–Crippen LogP) is 4.30. The monoisotopic (exact) mass is 316 g/mol. The summed E-state index contributed by atoms with van der Waals surface area (Å²) in [6.07, 6.45) is 0. The van der Waals surface area contributed by atoms with E-state index in [1.807, 2.05) is 0 Å². The molecule has 2 heterocycles. The molecule has 5 heteroatoms. The zero-order chi connectivity index (χ0) is 11.5. The van der Waals surface area contributed by atoms with Gasteiger partial charge in [-0.3, -0.25) is 0 Å². The maximum Gasteiger partial charge on any atom is 0.134 e. The molecule has 0 aliphatic heterocycles. The minimum atomic E-state index is 0.328. The molecule has 16 heavy (non-hydrogen) atoms. The first kappa shape index (κ1) is 12.2. The van der Waals surface area contributed by atoms with Crippen LogP contribution in [0.5, 0.6) is 0 Å². The van der Waals surface area contributed by atoms with Crippen molar-refractivity contribution in [3.8, 4) is 9.88 Å². The highest BCUT2D eigenvalue weighted by atomic mass is 79.9. The Hall–Kier alpha value is -0.230. The highest BCUT2D eigenvalue weighted by Gasteiger charge is 2.12. The summed E-state index contributed by atoms with van der Waals surface area (Å²) < 4.78 is 1.13. The largest absolute Gasteiger partial charge is 0.309 e. The summed E-state index contributed by atoms with van der Waals surface area (Å²) in [4.78, 5) is 5.89. The molecular formula is C11H13BrN2S2. The van der Waals surface area contributed by atoms with Crippen LogP contribution in [0.2, 0.25) is 0 Å². The highest BCUT2D eigenvalue weighted by molar-refractivity contribution is 9.10. The lowest BCUT2D eigenvalue weighted by molar-refractivity contribution is 0.587. The van der Waals surface area contributed by atoms with Crippen molar-refractivity contribution in [2.45, 2.75) is 19.9 Å². The molecule has 0 bridgehead atoms. The van der Waals surface area contributed by atoms with Gasteiger partial charge in [-0.05, 0) is 40.8 Å². The van der Waals surface area contributed by atoms with Gasteiger partial charge in [0.1, 0.15) is 5.01 Å². The molecule has 2 aromatic heterocycles. The fourth-order valence-corrected chi connectivity index (χ4v) is 4.17. The van der Waals surface area contributed by atoms with E-state index in [0.717, 1.165) is 21.7 Å². The van der Waals surface area contributed by atoms with Crippen molar-refractivity contribution in [2.75, 3.05) is 6.54 Å². The molecule has 1 unspecified atom stereocenters. The van der Waals surface area contributed by atoms with E-state index in [9.17, 15) is 0 Å². The number of hydrogen-bond donors (Lipinski definition) is 1. The second kappa shape index (κ2) is 5.40. The maximum absolute atomic E-state index is 4.67. The van der Waals surface area contributed by atoms with Crippen LogP contribution in [-0.4, -0.2) is 11.5 Å². The van der Waals surface area contributed by atoms with E-state index in [2.05, 4.69) is 56.9 Å². The lowest BCUT2D eigenvalue weighted by Crippen LogP contribution is -2.17. The summed E-state index contributed by atoms with van der Waals surface area (Å²) >= 11 is 6.97. The van der Waals surface area contributed by atoms with E-state index in [1.165, 1.54) is 4.88 Å².